The molecule has 0 spiro atoms. The number of benzene rings is 1. The third kappa shape index (κ3) is 3.15. The standard InChI is InChI=1S/C13H17N3O/c1-10-4-2-3-5-11(10)12(17)8-14-9-13-15-6-7-16-13/h2-7,12,14,17H,8-9H2,1H3,(H,15,16). The summed E-state index contributed by atoms with van der Waals surface area (Å²) in [4.78, 5) is 7.11. The van der Waals surface area contributed by atoms with Gasteiger partial charge in [-0.2, -0.15) is 0 Å². The van der Waals surface area contributed by atoms with E-state index >= 15 is 0 Å². The smallest absolute Gasteiger partial charge is 0.120 e. The van der Waals surface area contributed by atoms with Gasteiger partial charge in [0, 0.05) is 18.9 Å². The molecule has 0 aliphatic heterocycles. The fourth-order valence-corrected chi connectivity index (χ4v) is 1.79. The second-order valence-corrected chi connectivity index (χ2v) is 4.04. The molecule has 0 saturated heterocycles. The third-order valence-corrected chi connectivity index (χ3v) is 2.73. The number of hydrogen-bond donors (Lipinski definition) is 3. The molecule has 2 rings (SSSR count). The molecule has 0 radical (unpaired) electrons. The Morgan fingerprint density at radius 1 is 1.41 bits per heavy atom. The Hall–Kier alpha value is -1.65. The lowest BCUT2D eigenvalue weighted by atomic mass is 10.0. The van der Waals surface area contributed by atoms with Gasteiger partial charge in [-0.05, 0) is 18.1 Å². The van der Waals surface area contributed by atoms with Gasteiger partial charge in [-0.25, -0.2) is 4.98 Å². The van der Waals surface area contributed by atoms with E-state index < -0.39 is 6.10 Å². The highest BCUT2D eigenvalue weighted by molar-refractivity contribution is 5.27. The van der Waals surface area contributed by atoms with Crippen LogP contribution in [0.15, 0.2) is 36.7 Å². The van der Waals surface area contributed by atoms with Crippen molar-refractivity contribution in [1.29, 1.82) is 0 Å². The molecule has 3 N–H and O–H groups in total. The van der Waals surface area contributed by atoms with Crippen LogP contribution in [-0.4, -0.2) is 21.6 Å². The lowest BCUT2D eigenvalue weighted by molar-refractivity contribution is 0.173. The molecule has 0 amide bonds. The van der Waals surface area contributed by atoms with Gasteiger partial charge < -0.3 is 15.4 Å². The summed E-state index contributed by atoms with van der Waals surface area (Å²) in [5, 5.41) is 13.2. The highest BCUT2D eigenvalue weighted by Crippen LogP contribution is 2.16. The van der Waals surface area contributed by atoms with Crippen molar-refractivity contribution in [3.8, 4) is 0 Å². The molecule has 0 bridgehead atoms. The molecule has 0 aliphatic rings. The van der Waals surface area contributed by atoms with Gasteiger partial charge in [-0.15, -0.1) is 0 Å². The first-order valence-corrected chi connectivity index (χ1v) is 5.70. The quantitative estimate of drug-likeness (QED) is 0.731. The predicted octanol–water partition coefficient (Wildman–Crippen LogP) is 1.54. The molecule has 0 fully saturated rings. The van der Waals surface area contributed by atoms with Crippen LogP contribution in [0.25, 0.3) is 0 Å². The highest BCUT2D eigenvalue weighted by Gasteiger charge is 2.09. The second-order valence-electron chi connectivity index (χ2n) is 4.04. The van der Waals surface area contributed by atoms with Crippen LogP contribution in [-0.2, 0) is 6.54 Å². The van der Waals surface area contributed by atoms with Crippen molar-refractivity contribution >= 4 is 0 Å². The Bertz CT molecular complexity index is 453. The number of aliphatic hydroxyl groups excluding tert-OH is 1. The van der Waals surface area contributed by atoms with Crippen LogP contribution in [0.1, 0.15) is 23.1 Å². The highest BCUT2D eigenvalue weighted by atomic mass is 16.3. The molecular formula is C13H17N3O. The maximum atomic E-state index is 10.0. The number of aryl methyl sites for hydroxylation is 1. The Kier molecular flexibility index (Phi) is 3.90. The molecule has 0 aliphatic carbocycles. The van der Waals surface area contributed by atoms with E-state index in [1.54, 1.807) is 12.4 Å². The first kappa shape index (κ1) is 11.8. The SMILES string of the molecule is Cc1ccccc1C(O)CNCc1ncc[nH]1. The molecule has 1 atom stereocenters. The molecule has 90 valence electrons. The Morgan fingerprint density at radius 2 is 2.24 bits per heavy atom. The summed E-state index contributed by atoms with van der Waals surface area (Å²) in [6, 6.07) is 7.87. The zero-order valence-electron chi connectivity index (χ0n) is 9.85. The van der Waals surface area contributed by atoms with E-state index in [1.165, 1.54) is 0 Å². The number of aromatic nitrogens is 2. The van der Waals surface area contributed by atoms with Crippen molar-refractivity contribution in [3.63, 3.8) is 0 Å². The molecule has 1 aromatic heterocycles. The first-order chi connectivity index (χ1) is 8.27. The topological polar surface area (TPSA) is 60.9 Å². The second kappa shape index (κ2) is 5.61. The van der Waals surface area contributed by atoms with Crippen LogP contribution in [0, 0.1) is 6.92 Å². The average Bonchev–Trinajstić information content (AvgIpc) is 2.82. The summed E-state index contributed by atoms with van der Waals surface area (Å²) in [6.07, 6.45) is 3.02. The Balaban J connectivity index is 1.85. The van der Waals surface area contributed by atoms with Crippen molar-refractivity contribution in [1.82, 2.24) is 15.3 Å². The largest absolute Gasteiger partial charge is 0.387 e. The van der Waals surface area contributed by atoms with Gasteiger partial charge in [0.2, 0.25) is 0 Å². The van der Waals surface area contributed by atoms with Gasteiger partial charge in [-0.3, -0.25) is 0 Å². The van der Waals surface area contributed by atoms with E-state index in [4.69, 9.17) is 0 Å². The summed E-state index contributed by atoms with van der Waals surface area (Å²) in [6.45, 7) is 3.16. The molecule has 1 aromatic carbocycles. The summed E-state index contributed by atoms with van der Waals surface area (Å²) >= 11 is 0. The fourth-order valence-electron chi connectivity index (χ4n) is 1.79. The van der Waals surface area contributed by atoms with Gasteiger partial charge in [0.05, 0.1) is 12.6 Å². The molecule has 4 heteroatoms. The minimum absolute atomic E-state index is 0.480. The van der Waals surface area contributed by atoms with E-state index in [-0.39, 0.29) is 0 Å². The summed E-state index contributed by atoms with van der Waals surface area (Å²) in [7, 11) is 0. The monoisotopic (exact) mass is 231 g/mol. The molecule has 1 heterocycles. The van der Waals surface area contributed by atoms with E-state index in [2.05, 4.69) is 15.3 Å². The Morgan fingerprint density at radius 3 is 2.94 bits per heavy atom. The van der Waals surface area contributed by atoms with Crippen LogP contribution in [0.4, 0.5) is 0 Å². The van der Waals surface area contributed by atoms with Crippen molar-refractivity contribution in [3.05, 3.63) is 53.6 Å². The van der Waals surface area contributed by atoms with E-state index in [0.717, 1.165) is 17.0 Å². The molecule has 2 aromatic rings. The normalized spacial score (nSPS) is 12.6. The van der Waals surface area contributed by atoms with Crippen molar-refractivity contribution in [2.45, 2.75) is 19.6 Å². The number of imidazole rings is 1. The minimum atomic E-state index is -0.480. The van der Waals surface area contributed by atoms with Crippen LogP contribution < -0.4 is 5.32 Å². The number of H-pyrrole nitrogens is 1. The van der Waals surface area contributed by atoms with Gasteiger partial charge in [0.25, 0.3) is 0 Å². The predicted molar refractivity (Wildman–Crippen MR) is 66.4 cm³/mol. The van der Waals surface area contributed by atoms with Crippen molar-refractivity contribution in [2.24, 2.45) is 0 Å². The van der Waals surface area contributed by atoms with Gasteiger partial charge in [0.1, 0.15) is 5.82 Å². The number of aliphatic hydroxyl groups is 1. The number of nitrogens with zero attached hydrogens (tertiary/aromatic N) is 1. The maximum absolute atomic E-state index is 10.0. The zero-order valence-corrected chi connectivity index (χ0v) is 9.85. The molecule has 0 saturated carbocycles. The zero-order chi connectivity index (χ0) is 12.1. The number of aromatic amines is 1. The van der Waals surface area contributed by atoms with Crippen LogP contribution in [0.3, 0.4) is 0 Å². The summed E-state index contributed by atoms with van der Waals surface area (Å²) in [5.74, 6) is 0.877. The third-order valence-electron chi connectivity index (χ3n) is 2.73. The first-order valence-electron chi connectivity index (χ1n) is 5.70. The summed E-state index contributed by atoms with van der Waals surface area (Å²) in [5.41, 5.74) is 2.08. The van der Waals surface area contributed by atoms with Gasteiger partial charge >= 0.3 is 0 Å². The van der Waals surface area contributed by atoms with Crippen molar-refractivity contribution in [2.75, 3.05) is 6.54 Å². The number of hydrogen-bond acceptors (Lipinski definition) is 3. The Labute approximate surface area is 101 Å². The summed E-state index contributed by atoms with van der Waals surface area (Å²) < 4.78 is 0. The fraction of sp³-hybridized carbons (Fsp3) is 0.308. The van der Waals surface area contributed by atoms with E-state index in [9.17, 15) is 5.11 Å². The maximum Gasteiger partial charge on any atom is 0.120 e. The van der Waals surface area contributed by atoms with Gasteiger partial charge in [0.15, 0.2) is 0 Å². The van der Waals surface area contributed by atoms with E-state index in [0.29, 0.717) is 13.1 Å². The molecule has 4 nitrogen and oxygen atoms in total. The molecule has 1 unspecified atom stereocenters. The van der Waals surface area contributed by atoms with E-state index in [1.807, 2.05) is 31.2 Å². The average molecular weight is 231 g/mol. The lowest BCUT2D eigenvalue weighted by Crippen LogP contribution is -2.22. The minimum Gasteiger partial charge on any atom is -0.387 e. The van der Waals surface area contributed by atoms with Crippen molar-refractivity contribution < 1.29 is 5.11 Å². The number of rotatable bonds is 5. The molecule has 17 heavy (non-hydrogen) atoms. The van der Waals surface area contributed by atoms with Crippen LogP contribution in [0.5, 0.6) is 0 Å². The molecular weight excluding hydrogens is 214 g/mol. The van der Waals surface area contributed by atoms with Gasteiger partial charge in [-0.1, -0.05) is 24.3 Å². The van der Waals surface area contributed by atoms with Crippen LogP contribution >= 0.6 is 0 Å². The van der Waals surface area contributed by atoms with Crippen LogP contribution in [0.2, 0.25) is 0 Å². The lowest BCUT2D eigenvalue weighted by Gasteiger charge is -2.13. The number of nitrogens with one attached hydrogen (secondary N) is 2.